The molecule has 0 bridgehead atoms. The summed E-state index contributed by atoms with van der Waals surface area (Å²) in [5.74, 6) is 0.205. The number of hydrazine groups is 1. The molecule has 4 rings (SSSR count). The van der Waals surface area contributed by atoms with Crippen LogP contribution in [0.1, 0.15) is 36.9 Å². The second kappa shape index (κ2) is 8.11. The van der Waals surface area contributed by atoms with Crippen molar-refractivity contribution in [2.45, 2.75) is 44.6 Å². The third-order valence-corrected chi connectivity index (χ3v) is 5.75. The minimum atomic E-state index is -0.825. The fourth-order valence-corrected chi connectivity index (χ4v) is 3.98. The molecule has 1 aromatic carbocycles. The second-order valence-electron chi connectivity index (χ2n) is 7.92. The average Bonchev–Trinajstić information content (AvgIpc) is 3.48. The Kier molecular flexibility index (Phi) is 5.55. The molecule has 1 aromatic rings. The molecule has 3 aliphatic rings. The van der Waals surface area contributed by atoms with Crippen molar-refractivity contribution in [3.05, 3.63) is 41.1 Å². The van der Waals surface area contributed by atoms with Crippen molar-refractivity contribution in [2.24, 2.45) is 11.7 Å². The highest BCUT2D eigenvalue weighted by molar-refractivity contribution is 5.80. The van der Waals surface area contributed by atoms with Crippen LogP contribution in [-0.4, -0.2) is 52.8 Å². The van der Waals surface area contributed by atoms with E-state index in [-0.39, 0.29) is 23.9 Å². The first-order valence-electron chi connectivity index (χ1n) is 10.0. The lowest BCUT2D eigenvalue weighted by atomic mass is 10.0. The molecule has 3 unspecified atom stereocenters. The number of rotatable bonds is 7. The molecule has 2 heterocycles. The number of piperazine rings is 1. The summed E-state index contributed by atoms with van der Waals surface area (Å²) in [6, 6.07) is 5.63. The van der Waals surface area contributed by atoms with E-state index >= 15 is 0 Å². The number of nitrogens with zero attached hydrogens (tertiary/aromatic N) is 2. The molecule has 1 aliphatic carbocycles. The number of nitrogens with two attached hydrogens (primary N) is 1. The largest absolute Gasteiger partial charge is 0.372 e. The Bertz CT molecular complexity index is 824. The zero-order chi connectivity index (χ0) is 20.5. The maximum absolute atomic E-state index is 12.0. The van der Waals surface area contributed by atoms with Gasteiger partial charge in [-0.1, -0.05) is 12.1 Å². The number of aliphatic hydroxyl groups excluding tert-OH is 1. The van der Waals surface area contributed by atoms with Gasteiger partial charge < -0.3 is 26.5 Å². The van der Waals surface area contributed by atoms with Crippen LogP contribution in [0.3, 0.4) is 0 Å². The lowest BCUT2D eigenvalue weighted by Gasteiger charge is -2.43. The maximum Gasteiger partial charge on any atom is 0.224 e. The smallest absolute Gasteiger partial charge is 0.224 e. The van der Waals surface area contributed by atoms with Gasteiger partial charge in [-0.05, 0) is 43.0 Å². The highest BCUT2D eigenvalue weighted by Crippen LogP contribution is 2.35. The molecule has 2 fully saturated rings. The van der Waals surface area contributed by atoms with Crippen LogP contribution in [0.5, 0.6) is 0 Å². The van der Waals surface area contributed by atoms with E-state index in [1.54, 1.807) is 0 Å². The standard InChI is InChI=1S/C20H28N6O3/c1-12-9-25(10-22-19(28)14-3-4-14)20(29)18-7-17(24-26(12)18)15-5-2-13(8-21)6-16(15)23-11-27/h2,5-7,11-12,14,17,20,24,29H,3-4,8-10,21H2,1H3,(H,22,28)(H,23,27). The van der Waals surface area contributed by atoms with Gasteiger partial charge in [-0.15, -0.1) is 0 Å². The Morgan fingerprint density at radius 3 is 2.90 bits per heavy atom. The number of benzene rings is 1. The quantitative estimate of drug-likeness (QED) is 0.407. The summed E-state index contributed by atoms with van der Waals surface area (Å²) in [5, 5.41) is 18.5. The van der Waals surface area contributed by atoms with Gasteiger partial charge in [-0.3, -0.25) is 14.5 Å². The first-order chi connectivity index (χ1) is 14.0. The Morgan fingerprint density at radius 2 is 2.21 bits per heavy atom. The number of fused-ring (bicyclic) bond motifs is 1. The van der Waals surface area contributed by atoms with E-state index in [1.807, 2.05) is 34.2 Å². The van der Waals surface area contributed by atoms with Crippen molar-refractivity contribution in [3.63, 3.8) is 0 Å². The van der Waals surface area contributed by atoms with Crippen LogP contribution in [-0.2, 0) is 16.1 Å². The highest BCUT2D eigenvalue weighted by atomic mass is 16.3. The molecule has 2 aliphatic heterocycles. The van der Waals surface area contributed by atoms with Crippen LogP contribution in [0, 0.1) is 5.92 Å². The van der Waals surface area contributed by atoms with Gasteiger partial charge in [0.2, 0.25) is 12.3 Å². The fraction of sp³-hybridized carbons (Fsp3) is 0.500. The molecule has 6 N–H and O–H groups in total. The van der Waals surface area contributed by atoms with E-state index in [2.05, 4.69) is 23.0 Å². The number of hydrogen-bond donors (Lipinski definition) is 5. The molecular formula is C20H28N6O3. The molecular weight excluding hydrogens is 372 g/mol. The van der Waals surface area contributed by atoms with Gasteiger partial charge in [0.15, 0.2) is 6.23 Å². The van der Waals surface area contributed by atoms with Gasteiger partial charge in [-0.2, -0.15) is 0 Å². The summed E-state index contributed by atoms with van der Waals surface area (Å²) in [6.45, 7) is 3.37. The number of anilines is 1. The Morgan fingerprint density at radius 1 is 1.41 bits per heavy atom. The first-order valence-corrected chi connectivity index (χ1v) is 10.0. The van der Waals surface area contributed by atoms with Crippen LogP contribution in [0.15, 0.2) is 30.0 Å². The predicted molar refractivity (Wildman–Crippen MR) is 108 cm³/mol. The van der Waals surface area contributed by atoms with Crippen molar-refractivity contribution >= 4 is 18.0 Å². The van der Waals surface area contributed by atoms with Crippen molar-refractivity contribution in [1.29, 1.82) is 0 Å². The Balaban J connectivity index is 1.52. The third kappa shape index (κ3) is 3.99. The van der Waals surface area contributed by atoms with Gasteiger partial charge >= 0.3 is 0 Å². The van der Waals surface area contributed by atoms with Crippen LogP contribution in [0.25, 0.3) is 0 Å². The molecule has 2 amide bonds. The molecule has 9 nitrogen and oxygen atoms in total. The zero-order valence-corrected chi connectivity index (χ0v) is 16.5. The number of nitrogens with one attached hydrogen (secondary N) is 3. The van der Waals surface area contributed by atoms with Crippen molar-refractivity contribution in [2.75, 3.05) is 18.5 Å². The normalized spacial score (nSPS) is 26.7. The van der Waals surface area contributed by atoms with Crippen molar-refractivity contribution in [1.82, 2.24) is 20.7 Å². The van der Waals surface area contributed by atoms with Gasteiger partial charge in [0.1, 0.15) is 0 Å². The molecule has 0 aromatic heterocycles. The van der Waals surface area contributed by atoms with Gasteiger partial charge in [-0.25, -0.2) is 5.43 Å². The van der Waals surface area contributed by atoms with E-state index in [9.17, 15) is 14.7 Å². The molecule has 9 heteroatoms. The lowest BCUT2D eigenvalue weighted by molar-refractivity contribution is -0.124. The fourth-order valence-electron chi connectivity index (χ4n) is 3.98. The number of carbonyl (C=O) groups is 2. The van der Waals surface area contributed by atoms with E-state index in [0.29, 0.717) is 31.9 Å². The third-order valence-electron chi connectivity index (χ3n) is 5.75. The Hall–Kier alpha value is -2.46. The SMILES string of the molecule is CC1CN(CNC(=O)C2CC2)C(O)C2=CC(c3ccc(CN)cc3NC=O)NN21. The van der Waals surface area contributed by atoms with Crippen LogP contribution in [0.2, 0.25) is 0 Å². The summed E-state index contributed by atoms with van der Waals surface area (Å²) < 4.78 is 0. The molecule has 1 saturated heterocycles. The summed E-state index contributed by atoms with van der Waals surface area (Å²) in [4.78, 5) is 24.9. The van der Waals surface area contributed by atoms with Gasteiger partial charge in [0.05, 0.1) is 24.4 Å². The van der Waals surface area contributed by atoms with Crippen molar-refractivity contribution in [3.8, 4) is 0 Å². The molecule has 29 heavy (non-hydrogen) atoms. The predicted octanol–water partition coefficient (Wildman–Crippen LogP) is -0.0350. The van der Waals surface area contributed by atoms with Gasteiger partial charge in [0, 0.05) is 24.7 Å². The minimum Gasteiger partial charge on any atom is -0.372 e. The van der Waals surface area contributed by atoms with E-state index in [0.717, 1.165) is 29.7 Å². The summed E-state index contributed by atoms with van der Waals surface area (Å²) in [6.07, 6.45) is 3.69. The molecule has 0 radical (unpaired) electrons. The topological polar surface area (TPSA) is 123 Å². The summed E-state index contributed by atoms with van der Waals surface area (Å²) >= 11 is 0. The number of aliphatic hydroxyl groups is 1. The van der Waals surface area contributed by atoms with Crippen molar-refractivity contribution < 1.29 is 14.7 Å². The minimum absolute atomic E-state index is 0.0632. The lowest BCUT2D eigenvalue weighted by Crippen LogP contribution is -2.59. The van der Waals surface area contributed by atoms with Crippen LogP contribution in [0.4, 0.5) is 5.69 Å². The first kappa shape index (κ1) is 19.8. The second-order valence-corrected chi connectivity index (χ2v) is 7.92. The van der Waals surface area contributed by atoms with E-state index in [1.165, 1.54) is 0 Å². The summed E-state index contributed by atoms with van der Waals surface area (Å²) in [7, 11) is 0. The van der Waals surface area contributed by atoms with Crippen LogP contribution >= 0.6 is 0 Å². The zero-order valence-electron chi connectivity index (χ0n) is 16.5. The number of carbonyl (C=O) groups excluding carboxylic acids is 2. The Labute approximate surface area is 169 Å². The van der Waals surface area contributed by atoms with Gasteiger partial charge in [0.25, 0.3) is 0 Å². The highest BCUT2D eigenvalue weighted by Gasteiger charge is 2.40. The number of hydrogen-bond acceptors (Lipinski definition) is 7. The van der Waals surface area contributed by atoms with E-state index in [4.69, 9.17) is 5.73 Å². The number of amides is 2. The molecule has 3 atom stereocenters. The molecule has 0 spiro atoms. The van der Waals surface area contributed by atoms with E-state index < -0.39 is 6.23 Å². The average molecular weight is 400 g/mol. The maximum atomic E-state index is 12.0. The monoisotopic (exact) mass is 400 g/mol. The molecule has 1 saturated carbocycles. The van der Waals surface area contributed by atoms with Crippen LogP contribution < -0.4 is 21.8 Å². The molecule has 156 valence electrons. The summed E-state index contributed by atoms with van der Waals surface area (Å²) in [5.41, 5.74) is 12.4.